The van der Waals surface area contributed by atoms with Crippen LogP contribution in [0.3, 0.4) is 0 Å². The summed E-state index contributed by atoms with van der Waals surface area (Å²) in [4.78, 5) is 0. The fourth-order valence-electron chi connectivity index (χ4n) is 3.15. The van der Waals surface area contributed by atoms with Gasteiger partial charge in [0.25, 0.3) is 0 Å². The van der Waals surface area contributed by atoms with E-state index in [9.17, 15) is 4.39 Å². The van der Waals surface area contributed by atoms with Crippen LogP contribution in [0.1, 0.15) is 29.4 Å². The highest BCUT2D eigenvalue weighted by Gasteiger charge is 2.29. The smallest absolute Gasteiger partial charge is 0.124 e. The van der Waals surface area contributed by atoms with Gasteiger partial charge < -0.3 is 5.32 Å². The molecule has 0 bridgehead atoms. The van der Waals surface area contributed by atoms with Crippen molar-refractivity contribution in [3.8, 4) is 0 Å². The Morgan fingerprint density at radius 2 is 1.95 bits per heavy atom. The van der Waals surface area contributed by atoms with E-state index in [-0.39, 0.29) is 11.7 Å². The molecule has 2 aromatic rings. The predicted molar refractivity (Wildman–Crippen MR) is 88.5 cm³/mol. The molecule has 1 aliphatic heterocycles. The fraction of sp³-hybridized carbons (Fsp3) is 0.294. The SMILES string of the molecule is Fc1cc(Cl)cc(C2CCNCC2c2ccccc2Br)c1. The van der Waals surface area contributed by atoms with E-state index < -0.39 is 0 Å². The van der Waals surface area contributed by atoms with Gasteiger partial charge in [-0.1, -0.05) is 45.7 Å². The van der Waals surface area contributed by atoms with Crippen LogP contribution in [0.25, 0.3) is 0 Å². The summed E-state index contributed by atoms with van der Waals surface area (Å²) in [6.45, 7) is 1.83. The molecule has 1 aliphatic rings. The van der Waals surface area contributed by atoms with Crippen molar-refractivity contribution in [1.29, 1.82) is 0 Å². The maximum Gasteiger partial charge on any atom is 0.124 e. The van der Waals surface area contributed by atoms with Crippen molar-refractivity contribution in [2.75, 3.05) is 13.1 Å². The molecule has 2 aromatic carbocycles. The standard InChI is InChI=1S/C17H16BrClFN/c18-17-4-2-1-3-15(17)16-10-21-6-5-14(16)11-7-12(19)9-13(20)8-11/h1-4,7-9,14,16,21H,5-6,10H2. The summed E-state index contributed by atoms with van der Waals surface area (Å²) in [5.41, 5.74) is 2.25. The topological polar surface area (TPSA) is 12.0 Å². The third-order valence-corrected chi connectivity index (χ3v) is 5.04. The van der Waals surface area contributed by atoms with E-state index >= 15 is 0 Å². The van der Waals surface area contributed by atoms with Crippen molar-refractivity contribution in [2.24, 2.45) is 0 Å². The Labute approximate surface area is 137 Å². The van der Waals surface area contributed by atoms with Crippen molar-refractivity contribution in [3.05, 3.63) is 68.9 Å². The first-order valence-corrected chi connectivity index (χ1v) is 8.23. The van der Waals surface area contributed by atoms with Gasteiger partial charge in [-0.2, -0.15) is 0 Å². The molecule has 1 saturated heterocycles. The van der Waals surface area contributed by atoms with Crippen molar-refractivity contribution >= 4 is 27.5 Å². The lowest BCUT2D eigenvalue weighted by molar-refractivity contribution is 0.402. The number of halogens is 3. The zero-order valence-corrected chi connectivity index (χ0v) is 13.8. The highest BCUT2D eigenvalue weighted by Crippen LogP contribution is 2.40. The van der Waals surface area contributed by atoms with Gasteiger partial charge >= 0.3 is 0 Å². The second-order valence-corrected chi connectivity index (χ2v) is 6.72. The van der Waals surface area contributed by atoms with Gasteiger partial charge in [-0.3, -0.25) is 0 Å². The van der Waals surface area contributed by atoms with E-state index in [0.717, 1.165) is 29.5 Å². The van der Waals surface area contributed by atoms with E-state index in [1.165, 1.54) is 11.6 Å². The van der Waals surface area contributed by atoms with E-state index in [1.54, 1.807) is 6.07 Å². The molecule has 0 aliphatic carbocycles. The van der Waals surface area contributed by atoms with Gasteiger partial charge in [0.2, 0.25) is 0 Å². The molecule has 1 N–H and O–H groups in total. The molecule has 110 valence electrons. The predicted octanol–water partition coefficient (Wildman–Crippen LogP) is 5.10. The first-order chi connectivity index (χ1) is 10.1. The molecule has 4 heteroatoms. The van der Waals surface area contributed by atoms with Gasteiger partial charge in [0, 0.05) is 22.0 Å². The molecule has 0 saturated carbocycles. The van der Waals surface area contributed by atoms with Crippen LogP contribution in [0.4, 0.5) is 4.39 Å². The first kappa shape index (κ1) is 15.0. The molecule has 0 amide bonds. The van der Waals surface area contributed by atoms with Crippen LogP contribution in [0, 0.1) is 5.82 Å². The lowest BCUT2D eigenvalue weighted by atomic mass is 9.77. The van der Waals surface area contributed by atoms with Gasteiger partial charge in [0.15, 0.2) is 0 Å². The zero-order chi connectivity index (χ0) is 14.8. The maximum atomic E-state index is 13.7. The highest BCUT2D eigenvalue weighted by atomic mass is 79.9. The van der Waals surface area contributed by atoms with E-state index in [2.05, 4.69) is 33.4 Å². The third-order valence-electron chi connectivity index (χ3n) is 4.10. The summed E-state index contributed by atoms with van der Waals surface area (Å²) in [5.74, 6) is 0.326. The van der Waals surface area contributed by atoms with Crippen LogP contribution in [-0.2, 0) is 0 Å². The van der Waals surface area contributed by atoms with Crippen LogP contribution in [0.15, 0.2) is 46.9 Å². The quantitative estimate of drug-likeness (QED) is 0.777. The Kier molecular flexibility index (Phi) is 4.63. The lowest BCUT2D eigenvalue weighted by Crippen LogP contribution is -2.34. The van der Waals surface area contributed by atoms with Gasteiger partial charge in [-0.25, -0.2) is 4.39 Å². The van der Waals surface area contributed by atoms with Crippen LogP contribution >= 0.6 is 27.5 Å². The molecular weight excluding hydrogens is 353 g/mol. The van der Waals surface area contributed by atoms with E-state index in [1.807, 2.05) is 18.2 Å². The second kappa shape index (κ2) is 6.47. The van der Waals surface area contributed by atoms with Crippen LogP contribution in [-0.4, -0.2) is 13.1 Å². The molecule has 1 fully saturated rings. The van der Waals surface area contributed by atoms with Crippen molar-refractivity contribution < 1.29 is 4.39 Å². The summed E-state index contributed by atoms with van der Waals surface area (Å²) in [6, 6.07) is 13.1. The minimum absolute atomic E-state index is 0.262. The largest absolute Gasteiger partial charge is 0.316 e. The van der Waals surface area contributed by atoms with Gasteiger partial charge in [-0.15, -0.1) is 0 Å². The Balaban J connectivity index is 2.00. The monoisotopic (exact) mass is 367 g/mol. The van der Waals surface area contributed by atoms with Gasteiger partial charge in [0.1, 0.15) is 5.82 Å². The van der Waals surface area contributed by atoms with Crippen LogP contribution in [0.5, 0.6) is 0 Å². The van der Waals surface area contributed by atoms with Crippen molar-refractivity contribution in [1.82, 2.24) is 5.32 Å². The van der Waals surface area contributed by atoms with Crippen LogP contribution in [0.2, 0.25) is 5.02 Å². The molecule has 21 heavy (non-hydrogen) atoms. The fourth-order valence-corrected chi connectivity index (χ4v) is 3.96. The molecule has 1 nitrogen and oxygen atoms in total. The second-order valence-electron chi connectivity index (χ2n) is 5.43. The van der Waals surface area contributed by atoms with Gasteiger partial charge in [-0.05, 0) is 54.3 Å². The Hall–Kier alpha value is -0.900. The number of hydrogen-bond donors (Lipinski definition) is 1. The molecular formula is C17H16BrClFN. The summed E-state index contributed by atoms with van der Waals surface area (Å²) in [5, 5.41) is 3.91. The normalized spacial score (nSPS) is 22.2. The highest BCUT2D eigenvalue weighted by molar-refractivity contribution is 9.10. The number of hydrogen-bond acceptors (Lipinski definition) is 1. The minimum Gasteiger partial charge on any atom is -0.316 e. The summed E-state index contributed by atoms with van der Waals surface area (Å²) < 4.78 is 14.8. The summed E-state index contributed by atoms with van der Waals surface area (Å²) in [7, 11) is 0. The Morgan fingerprint density at radius 1 is 1.14 bits per heavy atom. The zero-order valence-electron chi connectivity index (χ0n) is 11.5. The van der Waals surface area contributed by atoms with E-state index in [0.29, 0.717) is 10.9 Å². The van der Waals surface area contributed by atoms with Gasteiger partial charge in [0.05, 0.1) is 0 Å². The van der Waals surface area contributed by atoms with Crippen molar-refractivity contribution in [2.45, 2.75) is 18.3 Å². The summed E-state index contributed by atoms with van der Waals surface area (Å²) >= 11 is 9.66. The van der Waals surface area contributed by atoms with E-state index in [4.69, 9.17) is 11.6 Å². The molecule has 2 atom stereocenters. The minimum atomic E-state index is -0.262. The Morgan fingerprint density at radius 3 is 2.71 bits per heavy atom. The number of piperidine rings is 1. The average molecular weight is 369 g/mol. The molecule has 2 unspecified atom stereocenters. The summed E-state index contributed by atoms with van der Waals surface area (Å²) in [6.07, 6.45) is 0.978. The lowest BCUT2D eigenvalue weighted by Gasteiger charge is -2.33. The number of nitrogens with one attached hydrogen (secondary N) is 1. The average Bonchev–Trinajstić information content (AvgIpc) is 2.47. The Bertz CT molecular complexity index is 626. The maximum absolute atomic E-state index is 13.7. The number of rotatable bonds is 2. The van der Waals surface area contributed by atoms with Crippen molar-refractivity contribution in [3.63, 3.8) is 0 Å². The molecule has 1 heterocycles. The first-order valence-electron chi connectivity index (χ1n) is 7.06. The molecule has 0 spiro atoms. The van der Waals surface area contributed by atoms with Crippen LogP contribution < -0.4 is 5.32 Å². The molecule has 0 radical (unpaired) electrons. The third kappa shape index (κ3) is 3.31. The molecule has 3 rings (SSSR count). The number of benzene rings is 2. The molecule has 0 aromatic heterocycles.